The molecule has 5 atom stereocenters. The first-order valence-corrected chi connectivity index (χ1v) is 8.93. The van der Waals surface area contributed by atoms with Gasteiger partial charge in [0.25, 0.3) is 0 Å². The van der Waals surface area contributed by atoms with Gasteiger partial charge >= 0.3 is 5.97 Å². The summed E-state index contributed by atoms with van der Waals surface area (Å²) in [6.45, 7) is 2.21. The normalized spacial score (nSPS) is 16.2. The van der Waals surface area contributed by atoms with Gasteiger partial charge in [0.05, 0.1) is 18.8 Å². The lowest BCUT2D eigenvalue weighted by Crippen LogP contribution is -2.59. The molecule has 3 amide bonds. The standard InChI is InChI=1S/C16H31N5O7/c1-8(18)13(24)21-12(9(2)23)15(26)19-10(5-3-4-6-17)14(25)20-11(7-22)16(27)28/h8-12,22-23H,3-7,17-18H2,1-2H3,(H,19,26)(H,20,25)(H,21,24)(H,27,28). The largest absolute Gasteiger partial charge is 0.480 e. The fraction of sp³-hybridized carbons (Fsp3) is 0.750. The fourth-order valence-corrected chi connectivity index (χ4v) is 2.17. The highest BCUT2D eigenvalue weighted by atomic mass is 16.4. The predicted octanol–water partition coefficient (Wildman–Crippen LogP) is -3.63. The summed E-state index contributed by atoms with van der Waals surface area (Å²) in [7, 11) is 0. The zero-order valence-electron chi connectivity index (χ0n) is 16.1. The lowest BCUT2D eigenvalue weighted by molar-refractivity contribution is -0.143. The van der Waals surface area contributed by atoms with Gasteiger partial charge in [-0.05, 0) is 39.7 Å². The molecule has 0 aromatic carbocycles. The Labute approximate surface area is 163 Å². The molecular weight excluding hydrogens is 374 g/mol. The van der Waals surface area contributed by atoms with E-state index in [1.165, 1.54) is 13.8 Å². The summed E-state index contributed by atoms with van der Waals surface area (Å²) < 4.78 is 0. The summed E-state index contributed by atoms with van der Waals surface area (Å²) in [4.78, 5) is 47.6. The van der Waals surface area contributed by atoms with E-state index in [9.17, 15) is 24.3 Å². The maximum Gasteiger partial charge on any atom is 0.328 e. The number of carbonyl (C=O) groups is 4. The van der Waals surface area contributed by atoms with Crippen molar-refractivity contribution >= 4 is 23.7 Å². The number of hydrogen-bond donors (Lipinski definition) is 8. The number of rotatable bonds is 13. The number of hydrogen-bond acceptors (Lipinski definition) is 8. The average molecular weight is 405 g/mol. The number of aliphatic hydroxyl groups is 2. The number of nitrogens with two attached hydrogens (primary N) is 2. The molecule has 0 fully saturated rings. The van der Waals surface area contributed by atoms with Crippen LogP contribution in [0.25, 0.3) is 0 Å². The van der Waals surface area contributed by atoms with E-state index in [4.69, 9.17) is 21.7 Å². The Morgan fingerprint density at radius 3 is 1.93 bits per heavy atom. The molecule has 12 heteroatoms. The van der Waals surface area contributed by atoms with E-state index in [0.717, 1.165) is 0 Å². The molecule has 5 unspecified atom stereocenters. The number of aliphatic hydroxyl groups excluding tert-OH is 2. The molecule has 0 saturated heterocycles. The third-order valence-corrected chi connectivity index (χ3v) is 3.85. The molecule has 0 aromatic rings. The topological polar surface area (TPSA) is 217 Å². The number of unbranched alkanes of at least 4 members (excludes halogenated alkanes) is 1. The molecule has 0 aliphatic rings. The van der Waals surface area contributed by atoms with E-state index in [2.05, 4.69) is 16.0 Å². The van der Waals surface area contributed by atoms with Crippen LogP contribution in [-0.4, -0.2) is 82.4 Å². The van der Waals surface area contributed by atoms with Crippen LogP contribution in [0.2, 0.25) is 0 Å². The summed E-state index contributed by atoms with van der Waals surface area (Å²) in [5.74, 6) is -3.77. The van der Waals surface area contributed by atoms with Crippen LogP contribution in [-0.2, 0) is 19.2 Å². The molecule has 0 aliphatic heterocycles. The zero-order valence-corrected chi connectivity index (χ0v) is 16.1. The quantitative estimate of drug-likeness (QED) is 0.142. The lowest BCUT2D eigenvalue weighted by Gasteiger charge is -2.26. The molecule has 0 rings (SSSR count). The van der Waals surface area contributed by atoms with E-state index >= 15 is 0 Å². The van der Waals surface area contributed by atoms with E-state index in [0.29, 0.717) is 19.4 Å². The minimum Gasteiger partial charge on any atom is -0.480 e. The van der Waals surface area contributed by atoms with E-state index in [1.807, 2.05) is 0 Å². The first-order valence-electron chi connectivity index (χ1n) is 8.93. The zero-order chi connectivity index (χ0) is 21.9. The van der Waals surface area contributed by atoms with Crippen molar-refractivity contribution in [1.29, 1.82) is 0 Å². The second-order valence-corrected chi connectivity index (χ2v) is 6.44. The van der Waals surface area contributed by atoms with Crippen molar-refractivity contribution in [3.05, 3.63) is 0 Å². The fourth-order valence-electron chi connectivity index (χ4n) is 2.17. The van der Waals surface area contributed by atoms with Crippen LogP contribution < -0.4 is 27.4 Å². The third-order valence-electron chi connectivity index (χ3n) is 3.85. The number of amides is 3. The first-order chi connectivity index (χ1) is 13.0. The molecule has 0 radical (unpaired) electrons. The molecule has 0 spiro atoms. The molecule has 12 nitrogen and oxygen atoms in total. The monoisotopic (exact) mass is 405 g/mol. The number of aliphatic carboxylic acids is 1. The molecule has 10 N–H and O–H groups in total. The van der Waals surface area contributed by atoms with Crippen LogP contribution >= 0.6 is 0 Å². The molecule has 28 heavy (non-hydrogen) atoms. The summed E-state index contributed by atoms with van der Waals surface area (Å²) >= 11 is 0. The lowest BCUT2D eigenvalue weighted by atomic mass is 10.1. The van der Waals surface area contributed by atoms with Gasteiger partial charge < -0.3 is 42.7 Å². The van der Waals surface area contributed by atoms with Crippen molar-refractivity contribution in [3.63, 3.8) is 0 Å². The van der Waals surface area contributed by atoms with Gasteiger partial charge in [-0.15, -0.1) is 0 Å². The van der Waals surface area contributed by atoms with Crippen molar-refractivity contribution in [3.8, 4) is 0 Å². The van der Waals surface area contributed by atoms with Gasteiger partial charge in [-0.2, -0.15) is 0 Å². The van der Waals surface area contributed by atoms with Gasteiger partial charge in [-0.25, -0.2) is 4.79 Å². The Morgan fingerprint density at radius 2 is 1.50 bits per heavy atom. The Balaban J connectivity index is 5.26. The van der Waals surface area contributed by atoms with Gasteiger partial charge in [0.15, 0.2) is 0 Å². The second-order valence-electron chi connectivity index (χ2n) is 6.44. The van der Waals surface area contributed by atoms with Crippen LogP contribution in [0.15, 0.2) is 0 Å². The van der Waals surface area contributed by atoms with Crippen molar-refractivity contribution in [2.75, 3.05) is 13.2 Å². The van der Waals surface area contributed by atoms with Crippen LogP contribution in [0.1, 0.15) is 33.1 Å². The number of carbonyl (C=O) groups excluding carboxylic acids is 3. The summed E-state index contributed by atoms with van der Waals surface area (Å²) in [6, 6.07) is -4.97. The molecule has 0 heterocycles. The van der Waals surface area contributed by atoms with Gasteiger partial charge in [0.1, 0.15) is 18.1 Å². The molecular formula is C16H31N5O7. The summed E-state index contributed by atoms with van der Waals surface area (Å²) in [5, 5.41) is 34.6. The highest BCUT2D eigenvalue weighted by molar-refractivity contribution is 5.94. The Morgan fingerprint density at radius 1 is 0.929 bits per heavy atom. The highest BCUT2D eigenvalue weighted by Crippen LogP contribution is 2.04. The van der Waals surface area contributed by atoms with E-state index in [1.54, 1.807) is 0 Å². The maximum absolute atomic E-state index is 12.5. The number of carboxylic acid groups (broad SMARTS) is 1. The molecule has 0 aromatic heterocycles. The third kappa shape index (κ3) is 9.08. The maximum atomic E-state index is 12.5. The summed E-state index contributed by atoms with van der Waals surface area (Å²) in [6.07, 6.45) is -0.124. The van der Waals surface area contributed by atoms with Crippen LogP contribution in [0.5, 0.6) is 0 Å². The van der Waals surface area contributed by atoms with Gasteiger partial charge in [-0.1, -0.05) is 0 Å². The van der Waals surface area contributed by atoms with Crippen molar-refractivity contribution in [2.45, 2.75) is 63.4 Å². The number of nitrogens with one attached hydrogen (secondary N) is 3. The van der Waals surface area contributed by atoms with Gasteiger partial charge in [0, 0.05) is 0 Å². The van der Waals surface area contributed by atoms with E-state index in [-0.39, 0.29) is 6.42 Å². The number of carboxylic acids is 1. The highest BCUT2D eigenvalue weighted by Gasteiger charge is 2.31. The summed E-state index contributed by atoms with van der Waals surface area (Å²) in [5.41, 5.74) is 10.8. The minimum atomic E-state index is -1.54. The minimum absolute atomic E-state index is 0.139. The average Bonchev–Trinajstić information content (AvgIpc) is 2.61. The molecule has 162 valence electrons. The predicted molar refractivity (Wildman–Crippen MR) is 98.7 cm³/mol. The van der Waals surface area contributed by atoms with Crippen molar-refractivity contribution in [2.24, 2.45) is 11.5 Å². The van der Waals surface area contributed by atoms with Crippen LogP contribution in [0, 0.1) is 0 Å². The Kier molecular flexibility index (Phi) is 11.9. The van der Waals surface area contributed by atoms with Gasteiger partial charge in [-0.3, -0.25) is 14.4 Å². The molecule has 0 bridgehead atoms. The van der Waals surface area contributed by atoms with Crippen molar-refractivity contribution < 1.29 is 34.5 Å². The second kappa shape index (κ2) is 13.0. The van der Waals surface area contributed by atoms with Crippen LogP contribution in [0.4, 0.5) is 0 Å². The van der Waals surface area contributed by atoms with E-state index < -0.39 is 60.6 Å². The molecule has 0 aliphatic carbocycles. The Bertz CT molecular complexity index is 541. The smallest absolute Gasteiger partial charge is 0.328 e. The van der Waals surface area contributed by atoms with Gasteiger partial charge in [0.2, 0.25) is 17.7 Å². The molecule has 0 saturated carbocycles. The Hall–Kier alpha value is -2.28. The SMILES string of the molecule is CC(N)C(=O)NC(C(=O)NC(CCCCN)C(=O)NC(CO)C(=O)O)C(C)O. The first kappa shape index (κ1) is 25.7. The van der Waals surface area contributed by atoms with Crippen LogP contribution in [0.3, 0.4) is 0 Å². The van der Waals surface area contributed by atoms with Crippen molar-refractivity contribution in [1.82, 2.24) is 16.0 Å².